The molecule has 1 aromatic carbocycles. The predicted octanol–water partition coefficient (Wildman–Crippen LogP) is 2.07. The van der Waals surface area contributed by atoms with Crippen molar-refractivity contribution in [1.29, 1.82) is 0 Å². The highest BCUT2D eigenvalue weighted by Gasteiger charge is 2.36. The first-order valence-electron chi connectivity index (χ1n) is 8.57. The van der Waals surface area contributed by atoms with E-state index in [9.17, 15) is 13.2 Å². The zero-order valence-electron chi connectivity index (χ0n) is 15.0. The molecule has 1 fully saturated rings. The number of aromatic nitrogens is 2. The van der Waals surface area contributed by atoms with Crippen molar-refractivity contribution in [2.24, 2.45) is 7.05 Å². The first kappa shape index (κ1) is 18.1. The van der Waals surface area contributed by atoms with Crippen molar-refractivity contribution in [3.05, 3.63) is 46.3 Å². The second-order valence-corrected chi connectivity index (χ2v) is 9.73. The molecule has 142 valence electrons. The average molecular weight is 406 g/mol. The lowest BCUT2D eigenvalue weighted by Gasteiger charge is -2.37. The summed E-state index contributed by atoms with van der Waals surface area (Å²) in [5.41, 5.74) is 2.74. The molecule has 27 heavy (non-hydrogen) atoms. The van der Waals surface area contributed by atoms with E-state index in [1.54, 1.807) is 30.9 Å². The van der Waals surface area contributed by atoms with Crippen molar-refractivity contribution in [3.8, 4) is 16.9 Å². The Morgan fingerprint density at radius 2 is 2.00 bits per heavy atom. The molecule has 1 saturated heterocycles. The lowest BCUT2D eigenvalue weighted by atomic mass is 10.1. The molecule has 3 heterocycles. The van der Waals surface area contributed by atoms with E-state index in [0.717, 1.165) is 21.3 Å². The summed E-state index contributed by atoms with van der Waals surface area (Å²) in [6.07, 6.45) is 3.21. The second-order valence-electron chi connectivity index (χ2n) is 6.48. The number of aryl methyl sites for hydroxylation is 1. The molecule has 0 radical (unpaired) electrons. The minimum Gasteiger partial charge on any atom is -0.486 e. The van der Waals surface area contributed by atoms with Crippen LogP contribution in [-0.2, 0) is 17.1 Å². The Kier molecular flexibility index (Phi) is 4.53. The van der Waals surface area contributed by atoms with Crippen molar-refractivity contribution in [2.75, 3.05) is 18.8 Å². The quantitative estimate of drug-likeness (QED) is 0.649. The number of nitrogens with zero attached hydrogens (tertiary/aromatic N) is 3. The summed E-state index contributed by atoms with van der Waals surface area (Å²) in [6.45, 7) is 2.37. The molecule has 0 amide bonds. The van der Waals surface area contributed by atoms with Gasteiger partial charge in [0.05, 0.1) is 35.3 Å². The largest absolute Gasteiger partial charge is 0.486 e. The van der Waals surface area contributed by atoms with Gasteiger partial charge in [-0.3, -0.25) is 9.78 Å². The molecule has 0 N–H and O–H groups in total. The topological polar surface area (TPSA) is 81.5 Å². The van der Waals surface area contributed by atoms with E-state index in [1.807, 2.05) is 24.3 Å². The van der Waals surface area contributed by atoms with Gasteiger partial charge >= 0.3 is 4.87 Å². The molecule has 0 atom stereocenters. The van der Waals surface area contributed by atoms with Crippen LogP contribution in [0.2, 0.25) is 0 Å². The third kappa shape index (κ3) is 3.38. The van der Waals surface area contributed by atoms with Crippen LogP contribution in [0.25, 0.3) is 21.3 Å². The van der Waals surface area contributed by atoms with Crippen LogP contribution in [0.15, 0.2) is 41.5 Å². The summed E-state index contributed by atoms with van der Waals surface area (Å²) in [7, 11) is -1.39. The molecule has 0 unspecified atom stereocenters. The number of sulfonamides is 1. The Bertz CT molecular complexity index is 1160. The summed E-state index contributed by atoms with van der Waals surface area (Å²) < 4.78 is 33.4. The summed E-state index contributed by atoms with van der Waals surface area (Å²) >= 11 is 1.21. The molecular formula is C18H19N3O4S2. The number of rotatable bonds is 5. The van der Waals surface area contributed by atoms with Gasteiger partial charge < -0.3 is 9.30 Å². The molecule has 0 bridgehead atoms. The van der Waals surface area contributed by atoms with E-state index in [4.69, 9.17) is 4.74 Å². The summed E-state index contributed by atoms with van der Waals surface area (Å²) in [4.78, 5) is 16.1. The maximum atomic E-state index is 11.8. The highest BCUT2D eigenvalue weighted by Crippen LogP contribution is 2.28. The van der Waals surface area contributed by atoms with Crippen molar-refractivity contribution in [3.63, 3.8) is 0 Å². The van der Waals surface area contributed by atoms with Gasteiger partial charge in [0, 0.05) is 18.8 Å². The molecule has 3 aromatic rings. The Balaban J connectivity index is 1.53. The van der Waals surface area contributed by atoms with Crippen LogP contribution in [0.5, 0.6) is 5.75 Å². The summed E-state index contributed by atoms with van der Waals surface area (Å²) in [6, 6.07) is 7.74. The Hall–Kier alpha value is -2.23. The fourth-order valence-corrected chi connectivity index (χ4v) is 5.10. The first-order valence-corrected chi connectivity index (χ1v) is 11.0. The van der Waals surface area contributed by atoms with Crippen LogP contribution in [0, 0.1) is 0 Å². The highest BCUT2D eigenvalue weighted by molar-refractivity contribution is 7.89. The fourth-order valence-electron chi connectivity index (χ4n) is 3.03. The van der Waals surface area contributed by atoms with Crippen LogP contribution in [0.4, 0.5) is 0 Å². The number of thiazole rings is 1. The molecule has 0 saturated carbocycles. The number of ether oxygens (including phenoxy) is 1. The minimum atomic E-state index is -3.15. The summed E-state index contributed by atoms with van der Waals surface area (Å²) in [5, 5.41) is 0. The van der Waals surface area contributed by atoms with Crippen LogP contribution in [0.1, 0.15) is 6.92 Å². The van der Waals surface area contributed by atoms with Gasteiger partial charge in [0.2, 0.25) is 10.0 Å². The maximum absolute atomic E-state index is 11.8. The third-order valence-corrected chi connectivity index (χ3v) is 7.52. The van der Waals surface area contributed by atoms with E-state index in [1.165, 1.54) is 15.6 Å². The smallest absolute Gasteiger partial charge is 0.307 e. The highest BCUT2D eigenvalue weighted by atomic mass is 32.2. The van der Waals surface area contributed by atoms with Gasteiger partial charge in [0.15, 0.2) is 0 Å². The lowest BCUT2D eigenvalue weighted by Crippen LogP contribution is -2.56. The van der Waals surface area contributed by atoms with Gasteiger partial charge in [-0.2, -0.15) is 4.31 Å². The third-order valence-electron chi connectivity index (χ3n) is 4.71. The number of benzene rings is 1. The molecule has 9 heteroatoms. The first-order chi connectivity index (χ1) is 12.9. The lowest BCUT2D eigenvalue weighted by molar-refractivity contribution is 0.0760. The molecule has 1 aliphatic heterocycles. The number of hydrogen-bond acceptors (Lipinski definition) is 6. The molecule has 4 rings (SSSR count). The van der Waals surface area contributed by atoms with Gasteiger partial charge in [-0.05, 0) is 30.7 Å². The van der Waals surface area contributed by atoms with Gasteiger partial charge in [0.1, 0.15) is 11.9 Å². The van der Waals surface area contributed by atoms with Gasteiger partial charge in [-0.15, -0.1) is 0 Å². The fraction of sp³-hybridized carbons (Fsp3) is 0.333. The predicted molar refractivity (Wildman–Crippen MR) is 106 cm³/mol. The minimum absolute atomic E-state index is 0.00827. The van der Waals surface area contributed by atoms with Gasteiger partial charge in [-0.25, -0.2) is 8.42 Å². The molecule has 0 spiro atoms. The van der Waals surface area contributed by atoms with E-state index in [-0.39, 0.29) is 16.7 Å². The van der Waals surface area contributed by atoms with Gasteiger partial charge in [0.25, 0.3) is 0 Å². The van der Waals surface area contributed by atoms with E-state index in [2.05, 4.69) is 4.98 Å². The SMILES string of the molecule is CCS(=O)(=O)N1CC(Oc2cncc(-c3ccc4c(c3)sc(=O)n4C)c2)C1. The molecular weight excluding hydrogens is 386 g/mol. The van der Waals surface area contributed by atoms with E-state index >= 15 is 0 Å². The number of pyridine rings is 1. The standard InChI is InChI=1S/C18H19N3O4S2/c1-3-27(23,24)21-10-15(11-21)25-14-6-13(8-19-9-14)12-4-5-16-17(7-12)26-18(22)20(16)2/h4-9,15H,3,10-11H2,1-2H3. The molecule has 0 aliphatic carbocycles. The van der Waals surface area contributed by atoms with Crippen LogP contribution in [-0.4, -0.2) is 47.2 Å². The Labute approximate surface area is 160 Å². The number of fused-ring (bicyclic) bond motifs is 1. The molecule has 7 nitrogen and oxygen atoms in total. The van der Waals surface area contributed by atoms with E-state index in [0.29, 0.717) is 18.8 Å². The monoisotopic (exact) mass is 405 g/mol. The van der Waals surface area contributed by atoms with Crippen molar-refractivity contribution < 1.29 is 13.2 Å². The zero-order valence-corrected chi connectivity index (χ0v) is 16.6. The van der Waals surface area contributed by atoms with Crippen LogP contribution in [0.3, 0.4) is 0 Å². The van der Waals surface area contributed by atoms with Crippen LogP contribution >= 0.6 is 11.3 Å². The van der Waals surface area contributed by atoms with Crippen molar-refractivity contribution in [1.82, 2.24) is 13.9 Å². The zero-order chi connectivity index (χ0) is 19.2. The van der Waals surface area contributed by atoms with Crippen molar-refractivity contribution in [2.45, 2.75) is 13.0 Å². The maximum Gasteiger partial charge on any atom is 0.307 e. The van der Waals surface area contributed by atoms with Gasteiger partial charge in [-0.1, -0.05) is 17.4 Å². The normalized spacial score (nSPS) is 15.8. The van der Waals surface area contributed by atoms with E-state index < -0.39 is 10.0 Å². The molecule has 1 aliphatic rings. The average Bonchev–Trinajstić information content (AvgIpc) is 2.91. The van der Waals surface area contributed by atoms with Crippen LogP contribution < -0.4 is 9.61 Å². The second kappa shape index (κ2) is 6.74. The number of hydrogen-bond donors (Lipinski definition) is 0. The Morgan fingerprint density at radius 3 is 2.74 bits per heavy atom. The molecule has 2 aromatic heterocycles. The van der Waals surface area contributed by atoms with Crippen molar-refractivity contribution >= 4 is 31.6 Å². The summed E-state index contributed by atoms with van der Waals surface area (Å²) in [5.74, 6) is 0.706. The Morgan fingerprint density at radius 1 is 1.22 bits per heavy atom.